The molecule has 0 radical (unpaired) electrons. The standard InChI is InChI=1S/C20H23N3S/c1-13(2)15-7-9-16(10-8-15)19-18(17-6-4-5-11-21-17)22-20-23(19)12-14(3)24-20/h4-11,13-14,18-19H,12H2,1-3H3/t14-,18+,19+/m0/s1. The number of aromatic nitrogens is 1. The van der Waals surface area contributed by atoms with Gasteiger partial charge >= 0.3 is 0 Å². The van der Waals surface area contributed by atoms with E-state index < -0.39 is 0 Å². The largest absolute Gasteiger partial charge is 0.341 e. The molecule has 4 heteroatoms. The van der Waals surface area contributed by atoms with Crippen LogP contribution in [0.2, 0.25) is 0 Å². The summed E-state index contributed by atoms with van der Waals surface area (Å²) in [5.41, 5.74) is 3.78. The number of fused-ring (bicyclic) bond motifs is 1. The first-order valence-corrected chi connectivity index (χ1v) is 9.53. The van der Waals surface area contributed by atoms with Crippen LogP contribution in [0.15, 0.2) is 53.7 Å². The molecule has 0 N–H and O–H groups in total. The monoisotopic (exact) mass is 337 g/mol. The van der Waals surface area contributed by atoms with Crippen LogP contribution in [0.3, 0.4) is 0 Å². The van der Waals surface area contributed by atoms with Crippen LogP contribution in [0, 0.1) is 0 Å². The highest BCUT2D eigenvalue weighted by Gasteiger charge is 2.43. The molecule has 0 aliphatic carbocycles. The van der Waals surface area contributed by atoms with Gasteiger partial charge in [0.25, 0.3) is 0 Å². The average Bonchev–Trinajstić information content (AvgIpc) is 3.11. The molecular weight excluding hydrogens is 314 g/mol. The van der Waals surface area contributed by atoms with E-state index in [1.54, 1.807) is 0 Å². The molecule has 3 nitrogen and oxygen atoms in total. The first-order valence-electron chi connectivity index (χ1n) is 8.65. The highest BCUT2D eigenvalue weighted by atomic mass is 32.2. The van der Waals surface area contributed by atoms with Crippen molar-refractivity contribution in [1.82, 2.24) is 9.88 Å². The summed E-state index contributed by atoms with van der Waals surface area (Å²) in [5, 5.41) is 1.78. The maximum Gasteiger partial charge on any atom is 0.160 e. The third kappa shape index (κ3) is 2.73. The van der Waals surface area contributed by atoms with Crippen molar-refractivity contribution < 1.29 is 0 Å². The van der Waals surface area contributed by atoms with Gasteiger partial charge in [-0.2, -0.15) is 0 Å². The Morgan fingerprint density at radius 3 is 2.58 bits per heavy atom. The van der Waals surface area contributed by atoms with E-state index in [4.69, 9.17) is 4.99 Å². The molecule has 1 saturated heterocycles. The quantitative estimate of drug-likeness (QED) is 0.806. The number of hydrogen-bond donors (Lipinski definition) is 0. The number of benzene rings is 1. The minimum absolute atomic E-state index is 0.0890. The lowest BCUT2D eigenvalue weighted by molar-refractivity contribution is 0.321. The Bertz CT molecular complexity index is 739. The van der Waals surface area contributed by atoms with E-state index in [1.165, 1.54) is 16.3 Å². The van der Waals surface area contributed by atoms with Crippen LogP contribution in [0.25, 0.3) is 0 Å². The van der Waals surface area contributed by atoms with Crippen LogP contribution < -0.4 is 0 Å². The summed E-state index contributed by atoms with van der Waals surface area (Å²) < 4.78 is 0. The normalized spacial score (nSPS) is 25.9. The summed E-state index contributed by atoms with van der Waals surface area (Å²) in [4.78, 5) is 12.1. The molecule has 3 heterocycles. The maximum absolute atomic E-state index is 5.03. The summed E-state index contributed by atoms with van der Waals surface area (Å²) in [6.07, 6.45) is 1.87. The van der Waals surface area contributed by atoms with Gasteiger partial charge in [0.2, 0.25) is 0 Å². The minimum Gasteiger partial charge on any atom is -0.341 e. The van der Waals surface area contributed by atoms with Crippen molar-refractivity contribution >= 4 is 16.9 Å². The predicted molar refractivity (Wildman–Crippen MR) is 101 cm³/mol. The number of amidine groups is 1. The molecule has 3 atom stereocenters. The van der Waals surface area contributed by atoms with Gasteiger partial charge in [-0.25, -0.2) is 0 Å². The molecule has 24 heavy (non-hydrogen) atoms. The van der Waals surface area contributed by atoms with E-state index in [0.29, 0.717) is 11.2 Å². The van der Waals surface area contributed by atoms with Crippen LogP contribution in [0.1, 0.15) is 55.6 Å². The van der Waals surface area contributed by atoms with Crippen molar-refractivity contribution in [3.8, 4) is 0 Å². The van der Waals surface area contributed by atoms with Gasteiger partial charge in [-0.3, -0.25) is 9.98 Å². The van der Waals surface area contributed by atoms with Crippen molar-refractivity contribution in [2.45, 2.75) is 44.0 Å². The molecule has 124 valence electrons. The molecular formula is C20H23N3S. The molecule has 0 saturated carbocycles. The number of rotatable bonds is 3. The van der Waals surface area contributed by atoms with Crippen molar-refractivity contribution in [2.24, 2.45) is 4.99 Å². The smallest absolute Gasteiger partial charge is 0.160 e. The first kappa shape index (κ1) is 15.7. The van der Waals surface area contributed by atoms with Crippen molar-refractivity contribution in [3.05, 3.63) is 65.5 Å². The molecule has 1 aromatic heterocycles. The van der Waals surface area contributed by atoms with Crippen LogP contribution in [-0.2, 0) is 0 Å². The van der Waals surface area contributed by atoms with E-state index in [0.717, 1.165) is 12.2 Å². The highest BCUT2D eigenvalue weighted by molar-refractivity contribution is 8.14. The second-order valence-corrected chi connectivity index (χ2v) is 8.36. The van der Waals surface area contributed by atoms with E-state index in [9.17, 15) is 0 Å². The molecule has 0 spiro atoms. The lowest BCUT2D eigenvalue weighted by Crippen LogP contribution is -2.28. The predicted octanol–water partition coefficient (Wildman–Crippen LogP) is 4.79. The van der Waals surface area contributed by atoms with Crippen LogP contribution in [-0.4, -0.2) is 26.8 Å². The van der Waals surface area contributed by atoms with Gasteiger partial charge in [0.15, 0.2) is 5.17 Å². The summed E-state index contributed by atoms with van der Waals surface area (Å²) >= 11 is 1.89. The van der Waals surface area contributed by atoms with Crippen molar-refractivity contribution in [3.63, 3.8) is 0 Å². The Labute approximate surface area is 148 Å². The Hall–Kier alpha value is -1.81. The summed E-state index contributed by atoms with van der Waals surface area (Å²) in [5.74, 6) is 0.559. The third-order valence-corrected chi connectivity index (χ3v) is 5.93. The number of thioether (sulfide) groups is 1. The van der Waals surface area contributed by atoms with E-state index in [1.807, 2.05) is 24.0 Å². The van der Waals surface area contributed by atoms with Crippen LogP contribution >= 0.6 is 11.8 Å². The van der Waals surface area contributed by atoms with Gasteiger partial charge in [0, 0.05) is 18.0 Å². The zero-order valence-corrected chi connectivity index (χ0v) is 15.2. The van der Waals surface area contributed by atoms with Gasteiger partial charge in [-0.05, 0) is 29.2 Å². The van der Waals surface area contributed by atoms with Crippen LogP contribution in [0.4, 0.5) is 0 Å². The molecule has 1 fully saturated rings. The topological polar surface area (TPSA) is 28.5 Å². The van der Waals surface area contributed by atoms with Crippen LogP contribution in [0.5, 0.6) is 0 Å². The van der Waals surface area contributed by atoms with Crippen molar-refractivity contribution in [1.29, 1.82) is 0 Å². The minimum atomic E-state index is 0.0890. The van der Waals surface area contributed by atoms with E-state index >= 15 is 0 Å². The summed E-state index contributed by atoms with van der Waals surface area (Å²) in [6, 6.07) is 15.6. The zero-order valence-electron chi connectivity index (χ0n) is 14.4. The fraction of sp³-hybridized carbons (Fsp3) is 0.400. The van der Waals surface area contributed by atoms with Gasteiger partial charge < -0.3 is 4.90 Å². The lowest BCUT2D eigenvalue weighted by Gasteiger charge is -2.27. The number of nitrogens with zero attached hydrogens (tertiary/aromatic N) is 3. The molecule has 2 aliphatic heterocycles. The molecule has 0 bridgehead atoms. The Morgan fingerprint density at radius 2 is 1.92 bits per heavy atom. The fourth-order valence-corrected chi connectivity index (χ4v) is 4.65. The summed E-state index contributed by atoms with van der Waals surface area (Å²) in [7, 11) is 0. The zero-order chi connectivity index (χ0) is 16.7. The fourth-order valence-electron chi connectivity index (χ4n) is 3.56. The molecule has 0 amide bonds. The number of pyridine rings is 1. The SMILES string of the molecule is CC(C)c1ccc([C@@H]2[C@@H](c3ccccn3)N=C3S[C@@H](C)CN32)cc1. The molecule has 0 unspecified atom stereocenters. The van der Waals surface area contributed by atoms with Gasteiger partial charge in [0.1, 0.15) is 6.04 Å². The second kappa shape index (κ2) is 6.25. The van der Waals surface area contributed by atoms with E-state index in [2.05, 4.69) is 67.1 Å². The lowest BCUT2D eigenvalue weighted by atomic mass is 9.94. The molecule has 1 aromatic carbocycles. The van der Waals surface area contributed by atoms with Gasteiger partial charge in [-0.15, -0.1) is 0 Å². The number of hydrogen-bond acceptors (Lipinski definition) is 4. The molecule has 4 rings (SSSR count). The summed E-state index contributed by atoms with van der Waals surface area (Å²) in [6.45, 7) is 7.81. The Morgan fingerprint density at radius 1 is 1.12 bits per heavy atom. The maximum atomic E-state index is 5.03. The Kier molecular flexibility index (Phi) is 4.09. The highest BCUT2D eigenvalue weighted by Crippen LogP contribution is 2.47. The van der Waals surface area contributed by atoms with Crippen molar-refractivity contribution in [2.75, 3.05) is 6.54 Å². The molecule has 2 aromatic rings. The third-order valence-electron chi connectivity index (χ3n) is 4.83. The van der Waals surface area contributed by atoms with Gasteiger partial charge in [0.05, 0.1) is 11.7 Å². The molecule has 2 aliphatic rings. The first-order chi connectivity index (χ1) is 11.6. The average molecular weight is 337 g/mol. The van der Waals surface area contributed by atoms with Gasteiger partial charge in [-0.1, -0.05) is 62.9 Å². The van der Waals surface area contributed by atoms with E-state index in [-0.39, 0.29) is 12.1 Å². The number of aliphatic imine (C=N–C) groups is 1. The Balaban J connectivity index is 1.72. The second-order valence-electron chi connectivity index (χ2n) is 6.96.